The lowest BCUT2D eigenvalue weighted by atomic mass is 9.90. The van der Waals surface area contributed by atoms with E-state index in [1.54, 1.807) is 18.2 Å². The monoisotopic (exact) mass is 463 g/mol. The van der Waals surface area contributed by atoms with Crippen LogP contribution in [0.5, 0.6) is 0 Å². The number of hydrogen-bond acceptors (Lipinski definition) is 6. The molecule has 2 N–H and O–H groups in total. The zero-order chi connectivity index (χ0) is 24.1. The molecule has 2 aliphatic carbocycles. The molecule has 0 bridgehead atoms. The summed E-state index contributed by atoms with van der Waals surface area (Å²) < 4.78 is 0. The van der Waals surface area contributed by atoms with E-state index < -0.39 is 4.92 Å². The van der Waals surface area contributed by atoms with Crippen molar-refractivity contribution >= 4 is 29.2 Å². The number of rotatable bonds is 7. The van der Waals surface area contributed by atoms with Crippen LogP contribution in [0.1, 0.15) is 55.3 Å². The number of carbonyl (C=O) groups excluding carboxylic acids is 1. The summed E-state index contributed by atoms with van der Waals surface area (Å²) >= 11 is 0. The molecule has 1 heterocycles. The Labute approximate surface area is 200 Å². The highest BCUT2D eigenvalue weighted by atomic mass is 16.6. The number of benzene rings is 1. The molecule has 4 rings (SSSR count). The fraction of sp³-hybridized carbons (Fsp3) is 0.462. The van der Waals surface area contributed by atoms with Gasteiger partial charge in [0.1, 0.15) is 5.82 Å². The summed E-state index contributed by atoms with van der Waals surface area (Å²) in [4.78, 5) is 29.9. The van der Waals surface area contributed by atoms with Crippen LogP contribution in [0.3, 0.4) is 0 Å². The smallest absolute Gasteiger partial charge is 0.270 e. The second kappa shape index (κ2) is 10.7. The molecule has 1 fully saturated rings. The van der Waals surface area contributed by atoms with E-state index in [-0.39, 0.29) is 17.6 Å². The first-order chi connectivity index (χ1) is 16.4. The fourth-order valence-electron chi connectivity index (χ4n) is 4.91. The Morgan fingerprint density at radius 1 is 1.12 bits per heavy atom. The fourth-order valence-corrected chi connectivity index (χ4v) is 4.91. The van der Waals surface area contributed by atoms with E-state index in [4.69, 9.17) is 4.98 Å². The van der Waals surface area contributed by atoms with Crippen LogP contribution >= 0.6 is 0 Å². The lowest BCUT2D eigenvalue weighted by Crippen LogP contribution is -2.39. The molecule has 2 aromatic rings. The number of pyridine rings is 1. The van der Waals surface area contributed by atoms with E-state index in [0.717, 1.165) is 44.3 Å². The zero-order valence-electron chi connectivity index (χ0n) is 19.9. The van der Waals surface area contributed by atoms with Gasteiger partial charge in [-0.25, -0.2) is 4.98 Å². The van der Waals surface area contributed by atoms with Crippen LogP contribution in [0.2, 0.25) is 0 Å². The highest BCUT2D eigenvalue weighted by Gasteiger charge is 2.23. The Morgan fingerprint density at radius 3 is 2.59 bits per heavy atom. The average Bonchev–Trinajstić information content (AvgIpc) is 2.83. The first-order valence-electron chi connectivity index (χ1n) is 12.1. The van der Waals surface area contributed by atoms with Gasteiger partial charge in [-0.15, -0.1) is 0 Å². The zero-order valence-corrected chi connectivity index (χ0v) is 19.9. The van der Waals surface area contributed by atoms with Gasteiger partial charge in [-0.05, 0) is 68.6 Å². The second-order valence-corrected chi connectivity index (χ2v) is 9.44. The normalized spacial score (nSPS) is 19.9. The summed E-state index contributed by atoms with van der Waals surface area (Å²) in [7, 11) is 4.19. The molecule has 8 nitrogen and oxygen atoms in total. The molecule has 0 saturated heterocycles. The summed E-state index contributed by atoms with van der Waals surface area (Å²) in [6.45, 7) is 0. The first kappa shape index (κ1) is 23.7. The standard InChI is InChI=1S/C26H33N5O3/c1-30(2)24-17-25(29-23-9-4-3-8-22(23)24)27-19-11-13-20(14-12-19)28-26(32)15-10-18-6-5-7-21(16-18)31(33)34/h5-7,10,15-17,19-20H,3-4,8-9,11-14H2,1-2H3,(H,27,29)(H,28,32)/b15-10+. The van der Waals surface area contributed by atoms with Crippen LogP contribution in [0.15, 0.2) is 36.4 Å². The van der Waals surface area contributed by atoms with E-state index >= 15 is 0 Å². The number of anilines is 2. The van der Waals surface area contributed by atoms with Gasteiger partial charge in [-0.2, -0.15) is 0 Å². The van der Waals surface area contributed by atoms with Gasteiger partial charge in [0.2, 0.25) is 5.91 Å². The number of carbonyl (C=O) groups is 1. The lowest BCUT2D eigenvalue weighted by molar-refractivity contribution is -0.384. The van der Waals surface area contributed by atoms with E-state index in [2.05, 4.69) is 35.7 Å². The van der Waals surface area contributed by atoms with Gasteiger partial charge < -0.3 is 15.5 Å². The van der Waals surface area contributed by atoms with Crippen molar-refractivity contribution in [2.24, 2.45) is 0 Å². The van der Waals surface area contributed by atoms with Crippen LogP contribution in [0, 0.1) is 10.1 Å². The molecule has 2 aliphatic rings. The maximum Gasteiger partial charge on any atom is 0.270 e. The molecule has 0 radical (unpaired) electrons. The number of non-ortho nitro benzene ring substituents is 1. The van der Waals surface area contributed by atoms with Crippen LogP contribution in [0.4, 0.5) is 17.2 Å². The maximum absolute atomic E-state index is 12.4. The van der Waals surface area contributed by atoms with E-state index in [9.17, 15) is 14.9 Å². The Hall–Kier alpha value is -3.42. The minimum atomic E-state index is -0.440. The summed E-state index contributed by atoms with van der Waals surface area (Å²) in [5.41, 5.74) is 4.54. The van der Waals surface area contributed by atoms with Gasteiger partial charge in [0.25, 0.3) is 5.69 Å². The molecule has 0 spiro atoms. The van der Waals surface area contributed by atoms with E-state index in [0.29, 0.717) is 11.6 Å². The van der Waals surface area contributed by atoms with Crippen LogP contribution in [-0.2, 0) is 17.6 Å². The van der Waals surface area contributed by atoms with Gasteiger partial charge in [-0.1, -0.05) is 12.1 Å². The van der Waals surface area contributed by atoms with E-state index in [1.807, 2.05) is 0 Å². The largest absolute Gasteiger partial charge is 0.377 e. The SMILES string of the molecule is CN(C)c1cc(NC2CCC(NC(=O)/C=C/c3cccc([N+](=O)[O-])c3)CC2)nc2c1CCCC2. The van der Waals surface area contributed by atoms with Gasteiger partial charge in [0.05, 0.1) is 4.92 Å². The summed E-state index contributed by atoms with van der Waals surface area (Å²) in [6, 6.07) is 8.90. The molecule has 1 aromatic heterocycles. The van der Waals surface area contributed by atoms with Crippen molar-refractivity contribution in [1.82, 2.24) is 10.3 Å². The number of fused-ring (bicyclic) bond motifs is 1. The third-order valence-electron chi connectivity index (χ3n) is 6.69. The third-order valence-corrected chi connectivity index (χ3v) is 6.69. The summed E-state index contributed by atoms with van der Waals surface area (Å²) in [5.74, 6) is 0.784. The minimum Gasteiger partial charge on any atom is -0.377 e. The number of nitro groups is 1. The highest BCUT2D eigenvalue weighted by Crippen LogP contribution is 2.32. The molecule has 8 heteroatoms. The number of amides is 1. The van der Waals surface area contributed by atoms with Crippen molar-refractivity contribution in [1.29, 1.82) is 0 Å². The van der Waals surface area contributed by atoms with Crippen LogP contribution in [-0.4, -0.2) is 42.0 Å². The number of hydrogen-bond donors (Lipinski definition) is 2. The van der Waals surface area contributed by atoms with Gasteiger partial charge in [0.15, 0.2) is 0 Å². The highest BCUT2D eigenvalue weighted by molar-refractivity contribution is 5.92. The van der Waals surface area contributed by atoms with Crippen molar-refractivity contribution in [3.05, 3.63) is 63.3 Å². The quantitative estimate of drug-likeness (QED) is 0.357. The van der Waals surface area contributed by atoms with Crippen LogP contribution in [0.25, 0.3) is 6.08 Å². The van der Waals surface area contributed by atoms with Crippen LogP contribution < -0.4 is 15.5 Å². The molecule has 0 aliphatic heterocycles. The Kier molecular flexibility index (Phi) is 7.45. The van der Waals surface area contributed by atoms with Crippen molar-refractivity contribution in [2.75, 3.05) is 24.3 Å². The average molecular weight is 464 g/mol. The third kappa shape index (κ3) is 5.92. The number of aryl methyl sites for hydroxylation is 1. The van der Waals surface area contributed by atoms with Gasteiger partial charge in [0, 0.05) is 61.8 Å². The molecule has 0 unspecified atom stereocenters. The van der Waals surface area contributed by atoms with Crippen molar-refractivity contribution in [3.63, 3.8) is 0 Å². The van der Waals surface area contributed by atoms with Gasteiger partial charge in [-0.3, -0.25) is 14.9 Å². The topological polar surface area (TPSA) is 100 Å². The number of nitro benzene ring substituents is 1. The molecule has 1 saturated carbocycles. The number of aromatic nitrogens is 1. The number of nitrogens with zero attached hydrogens (tertiary/aromatic N) is 3. The molecular formula is C26H33N5O3. The lowest BCUT2D eigenvalue weighted by Gasteiger charge is -2.31. The molecule has 34 heavy (non-hydrogen) atoms. The van der Waals surface area contributed by atoms with Crippen molar-refractivity contribution < 1.29 is 9.72 Å². The Balaban J connectivity index is 1.29. The predicted octanol–water partition coefficient (Wildman–Crippen LogP) is 4.49. The summed E-state index contributed by atoms with van der Waals surface area (Å²) in [5, 5.41) is 17.6. The van der Waals surface area contributed by atoms with E-state index in [1.165, 1.54) is 48.0 Å². The predicted molar refractivity (Wildman–Crippen MR) is 135 cm³/mol. The maximum atomic E-state index is 12.4. The minimum absolute atomic E-state index is 0.0134. The summed E-state index contributed by atoms with van der Waals surface area (Å²) in [6.07, 6.45) is 11.4. The first-order valence-corrected chi connectivity index (χ1v) is 12.1. The van der Waals surface area contributed by atoms with Gasteiger partial charge >= 0.3 is 0 Å². The molecule has 1 aromatic carbocycles. The molecule has 0 atom stereocenters. The Bertz CT molecular complexity index is 1070. The second-order valence-electron chi connectivity index (χ2n) is 9.44. The van der Waals surface area contributed by atoms with Crippen molar-refractivity contribution in [2.45, 2.75) is 63.5 Å². The molecular weight excluding hydrogens is 430 g/mol. The Morgan fingerprint density at radius 2 is 1.85 bits per heavy atom. The van der Waals surface area contributed by atoms with Crippen molar-refractivity contribution in [3.8, 4) is 0 Å². The molecule has 1 amide bonds. The molecule has 180 valence electrons. The number of nitrogens with one attached hydrogen (secondary N) is 2.